The molecule has 0 fully saturated rings. The lowest BCUT2D eigenvalue weighted by Gasteiger charge is -2.16. The number of nitrogens with one attached hydrogen (secondary N) is 1. The van der Waals surface area contributed by atoms with E-state index in [1.165, 1.54) is 6.07 Å². The average molecular weight is 470 g/mol. The highest BCUT2D eigenvalue weighted by Gasteiger charge is 2.14. The summed E-state index contributed by atoms with van der Waals surface area (Å²) >= 11 is 12.7. The van der Waals surface area contributed by atoms with Crippen LogP contribution in [0.15, 0.2) is 72.8 Å². The summed E-state index contributed by atoms with van der Waals surface area (Å²) < 4.78 is 25.7. The van der Waals surface area contributed by atoms with Crippen molar-refractivity contribution in [3.63, 3.8) is 0 Å². The van der Waals surface area contributed by atoms with Crippen LogP contribution in [-0.2, 0) is 13.2 Å². The van der Waals surface area contributed by atoms with Gasteiger partial charge in [-0.2, -0.15) is 0 Å². The molecule has 164 valence electrons. The van der Waals surface area contributed by atoms with Gasteiger partial charge >= 0.3 is 0 Å². The van der Waals surface area contributed by atoms with Gasteiger partial charge in [0.2, 0.25) is 0 Å². The van der Waals surface area contributed by atoms with E-state index in [-0.39, 0.29) is 12.2 Å². The van der Waals surface area contributed by atoms with Crippen molar-refractivity contribution in [1.82, 2.24) is 0 Å². The minimum Gasteiger partial charge on any atom is -0.490 e. The van der Waals surface area contributed by atoms with Gasteiger partial charge in [0.25, 0.3) is 0 Å². The molecule has 0 spiro atoms. The minimum absolute atomic E-state index is 0.0322. The van der Waals surface area contributed by atoms with E-state index in [4.69, 9.17) is 32.7 Å². The third kappa shape index (κ3) is 4.93. The zero-order chi connectivity index (χ0) is 22.5. The van der Waals surface area contributed by atoms with Crippen LogP contribution in [0.25, 0.3) is 10.8 Å². The van der Waals surface area contributed by atoms with E-state index in [0.717, 1.165) is 22.0 Å². The molecule has 0 saturated heterocycles. The fourth-order valence-electron chi connectivity index (χ4n) is 3.48. The molecule has 0 atom stereocenters. The van der Waals surface area contributed by atoms with Crippen LogP contribution >= 0.6 is 23.2 Å². The predicted octanol–water partition coefficient (Wildman–Crippen LogP) is 7.88. The van der Waals surface area contributed by atoms with Crippen molar-refractivity contribution in [2.75, 3.05) is 11.9 Å². The maximum Gasteiger partial charge on any atom is 0.163 e. The molecule has 0 aromatic heterocycles. The molecule has 4 aromatic rings. The van der Waals surface area contributed by atoms with E-state index in [1.54, 1.807) is 18.2 Å². The molecular formula is C26H22Cl2FNO2. The van der Waals surface area contributed by atoms with Gasteiger partial charge in [-0.05, 0) is 42.1 Å². The van der Waals surface area contributed by atoms with Gasteiger partial charge in [0.15, 0.2) is 11.5 Å². The molecule has 0 heterocycles. The van der Waals surface area contributed by atoms with Gasteiger partial charge < -0.3 is 14.8 Å². The molecule has 6 heteroatoms. The zero-order valence-electron chi connectivity index (χ0n) is 17.5. The molecule has 0 saturated carbocycles. The summed E-state index contributed by atoms with van der Waals surface area (Å²) in [7, 11) is 0. The third-order valence-electron chi connectivity index (χ3n) is 5.11. The van der Waals surface area contributed by atoms with Crippen LogP contribution in [0.5, 0.6) is 11.5 Å². The van der Waals surface area contributed by atoms with Crippen molar-refractivity contribution >= 4 is 39.7 Å². The number of ether oxygens (including phenoxy) is 2. The molecule has 0 radical (unpaired) electrons. The highest BCUT2D eigenvalue weighted by molar-refractivity contribution is 6.31. The Morgan fingerprint density at radius 2 is 1.59 bits per heavy atom. The fourth-order valence-corrected chi connectivity index (χ4v) is 3.92. The number of hydrogen-bond donors (Lipinski definition) is 1. The van der Waals surface area contributed by atoms with E-state index < -0.39 is 5.82 Å². The summed E-state index contributed by atoms with van der Waals surface area (Å²) in [6.45, 7) is 2.82. The third-order valence-corrected chi connectivity index (χ3v) is 5.81. The summed E-state index contributed by atoms with van der Waals surface area (Å²) in [5.74, 6) is 0.557. The first-order valence-corrected chi connectivity index (χ1v) is 11.0. The van der Waals surface area contributed by atoms with Crippen LogP contribution in [0.4, 0.5) is 10.1 Å². The van der Waals surface area contributed by atoms with Crippen molar-refractivity contribution in [3.05, 3.63) is 99.8 Å². The van der Waals surface area contributed by atoms with Crippen molar-refractivity contribution in [2.24, 2.45) is 0 Å². The molecule has 0 aliphatic rings. The summed E-state index contributed by atoms with van der Waals surface area (Å²) in [4.78, 5) is 0. The molecule has 0 aliphatic heterocycles. The Bertz CT molecular complexity index is 1220. The topological polar surface area (TPSA) is 30.5 Å². The van der Waals surface area contributed by atoms with Crippen LogP contribution < -0.4 is 14.8 Å². The first-order chi connectivity index (χ1) is 15.6. The number of halogens is 3. The van der Waals surface area contributed by atoms with Gasteiger partial charge in [-0.15, -0.1) is 0 Å². The van der Waals surface area contributed by atoms with E-state index >= 15 is 0 Å². The van der Waals surface area contributed by atoms with Gasteiger partial charge in [-0.3, -0.25) is 0 Å². The standard InChI is InChI=1S/C26H22Cl2FNO2/c1-2-31-25-13-18(15-30-24-12-5-8-17-7-3-4-9-19(17)24)22(28)14-26(25)32-16-20-21(27)10-6-11-23(20)29/h3-14,30H,2,15-16H2,1H3. The molecule has 4 aromatic carbocycles. The molecule has 0 aliphatic carbocycles. The summed E-state index contributed by atoms with van der Waals surface area (Å²) in [5, 5.41) is 6.59. The van der Waals surface area contributed by atoms with Gasteiger partial charge in [0.1, 0.15) is 12.4 Å². The quantitative estimate of drug-likeness (QED) is 0.284. The largest absolute Gasteiger partial charge is 0.490 e. The van der Waals surface area contributed by atoms with Gasteiger partial charge in [0.05, 0.1) is 11.6 Å². The van der Waals surface area contributed by atoms with Crippen LogP contribution in [0.2, 0.25) is 10.0 Å². The van der Waals surface area contributed by atoms with E-state index in [2.05, 4.69) is 23.5 Å². The van der Waals surface area contributed by atoms with Crippen LogP contribution in [0.1, 0.15) is 18.1 Å². The number of hydrogen-bond acceptors (Lipinski definition) is 3. The number of rotatable bonds is 8. The Morgan fingerprint density at radius 1 is 0.844 bits per heavy atom. The van der Waals surface area contributed by atoms with Gasteiger partial charge in [0, 0.05) is 34.3 Å². The second-order valence-electron chi connectivity index (χ2n) is 7.19. The molecule has 0 unspecified atom stereocenters. The first kappa shape index (κ1) is 22.3. The minimum atomic E-state index is -0.419. The van der Waals surface area contributed by atoms with Crippen LogP contribution in [-0.4, -0.2) is 6.61 Å². The molecule has 0 amide bonds. The van der Waals surface area contributed by atoms with Crippen LogP contribution in [0, 0.1) is 5.82 Å². The monoisotopic (exact) mass is 469 g/mol. The number of anilines is 1. The number of benzene rings is 4. The second kappa shape index (κ2) is 10.1. The Morgan fingerprint density at radius 3 is 2.41 bits per heavy atom. The Labute approximate surface area is 196 Å². The summed E-state index contributed by atoms with van der Waals surface area (Å²) in [5.41, 5.74) is 2.17. The second-order valence-corrected chi connectivity index (χ2v) is 8.01. The Hall–Kier alpha value is -2.95. The van der Waals surface area contributed by atoms with Crippen LogP contribution in [0.3, 0.4) is 0 Å². The van der Waals surface area contributed by atoms with Crippen molar-refractivity contribution in [3.8, 4) is 11.5 Å². The molecule has 1 N–H and O–H groups in total. The van der Waals surface area contributed by atoms with E-state index in [1.807, 2.05) is 37.3 Å². The molecular weight excluding hydrogens is 448 g/mol. The number of fused-ring (bicyclic) bond motifs is 1. The van der Waals surface area contributed by atoms with Gasteiger partial charge in [-0.1, -0.05) is 65.7 Å². The highest BCUT2D eigenvalue weighted by Crippen LogP contribution is 2.35. The average Bonchev–Trinajstić information content (AvgIpc) is 2.79. The molecule has 0 bridgehead atoms. The maximum absolute atomic E-state index is 14.1. The van der Waals surface area contributed by atoms with Crippen molar-refractivity contribution < 1.29 is 13.9 Å². The summed E-state index contributed by atoms with van der Waals surface area (Å²) in [6.07, 6.45) is 0. The van der Waals surface area contributed by atoms with Gasteiger partial charge in [-0.25, -0.2) is 4.39 Å². The highest BCUT2D eigenvalue weighted by atomic mass is 35.5. The normalized spacial score (nSPS) is 10.9. The molecule has 4 rings (SSSR count). The van der Waals surface area contributed by atoms with Crippen molar-refractivity contribution in [1.29, 1.82) is 0 Å². The zero-order valence-corrected chi connectivity index (χ0v) is 19.0. The molecule has 32 heavy (non-hydrogen) atoms. The van der Waals surface area contributed by atoms with E-state index in [0.29, 0.717) is 34.7 Å². The lowest BCUT2D eigenvalue weighted by Crippen LogP contribution is -2.05. The van der Waals surface area contributed by atoms with E-state index in [9.17, 15) is 4.39 Å². The maximum atomic E-state index is 14.1. The molecule has 3 nitrogen and oxygen atoms in total. The summed E-state index contributed by atoms with van der Waals surface area (Å²) in [6, 6.07) is 22.4. The lowest BCUT2D eigenvalue weighted by atomic mass is 10.1. The Kier molecular flexibility index (Phi) is 7.03. The first-order valence-electron chi connectivity index (χ1n) is 10.3. The smallest absolute Gasteiger partial charge is 0.163 e. The van der Waals surface area contributed by atoms with Crippen molar-refractivity contribution in [2.45, 2.75) is 20.1 Å². The Balaban J connectivity index is 1.55. The predicted molar refractivity (Wildman–Crippen MR) is 130 cm³/mol. The lowest BCUT2D eigenvalue weighted by molar-refractivity contribution is 0.265. The SMILES string of the molecule is CCOc1cc(CNc2cccc3ccccc23)c(Cl)cc1OCc1c(F)cccc1Cl. The fraction of sp³-hybridized carbons (Fsp3) is 0.154.